The van der Waals surface area contributed by atoms with E-state index in [0.29, 0.717) is 6.42 Å². The Morgan fingerprint density at radius 1 is 1.16 bits per heavy atom. The van der Waals surface area contributed by atoms with Crippen LogP contribution in [0.25, 0.3) is 0 Å². The Labute approximate surface area is 215 Å². The number of nitrogens with zero attached hydrogens (tertiary/aromatic N) is 1. The Kier molecular flexibility index (Phi) is 8.27. The maximum Gasteiger partial charge on any atom is 0.331 e. The standard InChI is InChI=1S/C27H32N2O8/c1-15-4-6-17(7-5-15)12-19-13-35-14-20(29-25(31)22-23(30)21(34-3)10-11-28-22)27(33)36-16(2)24(19)37-26(32)18-8-9-18/h4-7,10-11,16,18-20,24,30H,8-9,12-14H2,1-3H3,(H,29,31)/t16-,19-,20-,24-/m0/s1. The summed E-state index contributed by atoms with van der Waals surface area (Å²) in [6.45, 7) is 3.68. The zero-order chi connectivity index (χ0) is 26.5. The van der Waals surface area contributed by atoms with Crippen molar-refractivity contribution < 1.29 is 38.4 Å². The van der Waals surface area contributed by atoms with Crippen molar-refractivity contribution >= 4 is 17.8 Å². The van der Waals surface area contributed by atoms with Crippen LogP contribution < -0.4 is 10.1 Å². The van der Waals surface area contributed by atoms with Gasteiger partial charge in [0, 0.05) is 18.2 Å². The number of aromatic hydroxyl groups is 1. The predicted octanol–water partition coefficient (Wildman–Crippen LogP) is 2.35. The molecule has 0 unspecified atom stereocenters. The molecule has 1 aliphatic heterocycles. The minimum absolute atomic E-state index is 0.0707. The van der Waals surface area contributed by atoms with Crippen LogP contribution in [0.15, 0.2) is 36.5 Å². The molecule has 1 saturated carbocycles. The topological polar surface area (TPSA) is 133 Å². The summed E-state index contributed by atoms with van der Waals surface area (Å²) >= 11 is 0. The summed E-state index contributed by atoms with van der Waals surface area (Å²) in [5.41, 5.74) is 1.87. The van der Waals surface area contributed by atoms with Crippen LogP contribution in [0.4, 0.5) is 0 Å². The summed E-state index contributed by atoms with van der Waals surface area (Å²) in [7, 11) is 1.35. The molecule has 2 heterocycles. The molecular weight excluding hydrogens is 480 g/mol. The van der Waals surface area contributed by atoms with Gasteiger partial charge in [-0.2, -0.15) is 0 Å². The molecule has 1 amide bonds. The highest BCUT2D eigenvalue weighted by Crippen LogP contribution is 2.33. The molecule has 0 bridgehead atoms. The first-order valence-electron chi connectivity index (χ1n) is 12.3. The first-order valence-corrected chi connectivity index (χ1v) is 12.3. The van der Waals surface area contributed by atoms with Crippen LogP contribution in [-0.4, -0.2) is 66.5 Å². The van der Waals surface area contributed by atoms with Gasteiger partial charge in [-0.25, -0.2) is 9.78 Å². The number of hydrogen-bond acceptors (Lipinski definition) is 9. The SMILES string of the molecule is COc1ccnc(C(=O)N[C@H]2COC[C@H](Cc3ccc(C)cc3)[C@@H](OC(=O)C3CC3)[C@H](C)OC2=O)c1O. The van der Waals surface area contributed by atoms with E-state index in [-0.39, 0.29) is 42.5 Å². The molecule has 1 aromatic heterocycles. The Hall–Kier alpha value is -3.66. The molecule has 4 rings (SSSR count). The number of carbonyl (C=O) groups excluding carboxylic acids is 3. The summed E-state index contributed by atoms with van der Waals surface area (Å²) in [4.78, 5) is 42.3. The van der Waals surface area contributed by atoms with Gasteiger partial charge in [-0.1, -0.05) is 29.8 Å². The number of esters is 2. The van der Waals surface area contributed by atoms with E-state index in [1.54, 1.807) is 6.92 Å². The van der Waals surface area contributed by atoms with Gasteiger partial charge < -0.3 is 29.4 Å². The summed E-state index contributed by atoms with van der Waals surface area (Å²) in [6, 6.07) is 8.27. The lowest BCUT2D eigenvalue weighted by Gasteiger charge is -2.30. The molecule has 0 radical (unpaired) electrons. The zero-order valence-electron chi connectivity index (χ0n) is 21.1. The second-order valence-corrected chi connectivity index (χ2v) is 9.54. The van der Waals surface area contributed by atoms with Crippen LogP contribution in [0.3, 0.4) is 0 Å². The molecule has 1 aromatic carbocycles. The fourth-order valence-corrected chi connectivity index (χ4v) is 4.25. The maximum atomic E-state index is 13.0. The highest BCUT2D eigenvalue weighted by Gasteiger charge is 2.40. The van der Waals surface area contributed by atoms with Crippen LogP contribution in [-0.2, 0) is 30.2 Å². The summed E-state index contributed by atoms with van der Waals surface area (Å²) < 4.78 is 22.4. The molecule has 2 aromatic rings. The van der Waals surface area contributed by atoms with E-state index in [4.69, 9.17) is 18.9 Å². The molecule has 2 fully saturated rings. The minimum Gasteiger partial charge on any atom is -0.503 e. The lowest BCUT2D eigenvalue weighted by Crippen LogP contribution is -2.46. The van der Waals surface area contributed by atoms with E-state index in [9.17, 15) is 19.5 Å². The lowest BCUT2D eigenvalue weighted by molar-refractivity contribution is -0.172. The van der Waals surface area contributed by atoms with Gasteiger partial charge in [-0.3, -0.25) is 9.59 Å². The first kappa shape index (κ1) is 26.4. The first-order chi connectivity index (χ1) is 17.8. The van der Waals surface area contributed by atoms with E-state index in [1.807, 2.05) is 31.2 Å². The average Bonchev–Trinajstić information content (AvgIpc) is 3.72. The number of ether oxygens (including phenoxy) is 4. The van der Waals surface area contributed by atoms with E-state index < -0.39 is 35.9 Å². The molecule has 0 spiro atoms. The monoisotopic (exact) mass is 512 g/mol. The number of pyridine rings is 1. The third-order valence-corrected chi connectivity index (χ3v) is 6.54. The number of aromatic nitrogens is 1. The second-order valence-electron chi connectivity index (χ2n) is 9.54. The Morgan fingerprint density at radius 3 is 2.57 bits per heavy atom. The third kappa shape index (κ3) is 6.56. The molecule has 198 valence electrons. The van der Waals surface area contributed by atoms with Crippen molar-refractivity contribution in [2.24, 2.45) is 11.8 Å². The van der Waals surface area contributed by atoms with Gasteiger partial charge in [0.05, 0.1) is 26.2 Å². The smallest absolute Gasteiger partial charge is 0.331 e. The average molecular weight is 513 g/mol. The number of benzene rings is 1. The number of nitrogens with one attached hydrogen (secondary N) is 1. The number of hydrogen-bond donors (Lipinski definition) is 2. The fourth-order valence-electron chi connectivity index (χ4n) is 4.25. The van der Waals surface area contributed by atoms with Crippen LogP contribution in [0.2, 0.25) is 0 Å². The molecule has 10 nitrogen and oxygen atoms in total. The Balaban J connectivity index is 1.52. The largest absolute Gasteiger partial charge is 0.503 e. The molecule has 1 saturated heterocycles. The predicted molar refractivity (Wildman–Crippen MR) is 131 cm³/mol. The van der Waals surface area contributed by atoms with Gasteiger partial charge in [0.25, 0.3) is 5.91 Å². The summed E-state index contributed by atoms with van der Waals surface area (Å²) in [6.07, 6.45) is 1.92. The van der Waals surface area contributed by atoms with Crippen molar-refractivity contribution in [3.05, 3.63) is 53.3 Å². The maximum absolute atomic E-state index is 13.0. The minimum atomic E-state index is -1.17. The van der Waals surface area contributed by atoms with Crippen molar-refractivity contribution in [2.45, 2.75) is 51.4 Å². The number of rotatable bonds is 7. The fraction of sp³-hybridized carbons (Fsp3) is 0.481. The normalized spacial score (nSPS) is 24.1. The summed E-state index contributed by atoms with van der Waals surface area (Å²) in [5, 5.41) is 12.8. The van der Waals surface area contributed by atoms with Crippen LogP contribution in [0, 0.1) is 18.8 Å². The number of aryl methyl sites for hydroxylation is 1. The molecular formula is C27H32N2O8. The van der Waals surface area contributed by atoms with Crippen molar-refractivity contribution in [2.75, 3.05) is 20.3 Å². The van der Waals surface area contributed by atoms with E-state index in [1.165, 1.54) is 19.4 Å². The van der Waals surface area contributed by atoms with E-state index in [0.717, 1.165) is 24.0 Å². The Bertz CT molecular complexity index is 1130. The molecule has 2 aliphatic rings. The quantitative estimate of drug-likeness (QED) is 0.536. The summed E-state index contributed by atoms with van der Waals surface area (Å²) in [5.74, 6) is -2.61. The van der Waals surface area contributed by atoms with E-state index in [2.05, 4.69) is 10.3 Å². The third-order valence-electron chi connectivity index (χ3n) is 6.54. The van der Waals surface area contributed by atoms with Crippen LogP contribution in [0.5, 0.6) is 11.5 Å². The van der Waals surface area contributed by atoms with Gasteiger partial charge >= 0.3 is 11.9 Å². The van der Waals surface area contributed by atoms with Crippen molar-refractivity contribution in [3.8, 4) is 11.5 Å². The number of amides is 1. The van der Waals surface area contributed by atoms with E-state index >= 15 is 0 Å². The number of cyclic esters (lactones) is 1. The van der Waals surface area contributed by atoms with Crippen LogP contribution >= 0.6 is 0 Å². The number of methoxy groups -OCH3 is 1. The van der Waals surface area contributed by atoms with Gasteiger partial charge in [-0.15, -0.1) is 0 Å². The van der Waals surface area contributed by atoms with Gasteiger partial charge in [-0.05, 0) is 38.7 Å². The van der Waals surface area contributed by atoms with Crippen molar-refractivity contribution in [3.63, 3.8) is 0 Å². The van der Waals surface area contributed by atoms with Gasteiger partial charge in [0.1, 0.15) is 12.2 Å². The molecule has 1 aliphatic carbocycles. The van der Waals surface area contributed by atoms with Gasteiger partial charge in [0.2, 0.25) is 0 Å². The highest BCUT2D eigenvalue weighted by molar-refractivity contribution is 5.98. The van der Waals surface area contributed by atoms with Crippen molar-refractivity contribution in [1.29, 1.82) is 0 Å². The molecule has 4 atom stereocenters. The Morgan fingerprint density at radius 2 is 1.89 bits per heavy atom. The van der Waals surface area contributed by atoms with Crippen molar-refractivity contribution in [1.82, 2.24) is 10.3 Å². The molecule has 37 heavy (non-hydrogen) atoms. The second kappa shape index (κ2) is 11.6. The number of carbonyl (C=O) groups is 3. The lowest BCUT2D eigenvalue weighted by atomic mass is 9.91. The molecule has 2 N–H and O–H groups in total. The van der Waals surface area contributed by atoms with Gasteiger partial charge in [0.15, 0.2) is 23.2 Å². The van der Waals surface area contributed by atoms with Crippen LogP contribution in [0.1, 0.15) is 41.4 Å². The zero-order valence-corrected chi connectivity index (χ0v) is 21.1. The molecule has 10 heteroatoms. The highest BCUT2D eigenvalue weighted by atomic mass is 16.6.